The number of benzene rings is 2. The molecule has 0 atom stereocenters. The molecule has 98 valence electrons. The molecule has 1 N–H and O–H groups in total. The zero-order valence-electron chi connectivity index (χ0n) is 10.6. The van der Waals surface area contributed by atoms with Gasteiger partial charge in [0.25, 0.3) is 5.91 Å². The number of halogens is 2. The summed E-state index contributed by atoms with van der Waals surface area (Å²) in [5.41, 5.74) is 3.88. The van der Waals surface area contributed by atoms with Crippen LogP contribution >= 0.6 is 38.5 Å². The molecule has 0 aromatic heterocycles. The molecule has 0 saturated heterocycles. The molecule has 0 aliphatic rings. The van der Waals surface area contributed by atoms with Gasteiger partial charge < -0.3 is 5.32 Å². The van der Waals surface area contributed by atoms with Gasteiger partial charge in [0.15, 0.2) is 0 Å². The first-order valence-electron chi connectivity index (χ1n) is 5.81. The Labute approximate surface area is 134 Å². The number of nitrogens with one attached hydrogen (secondary N) is 1. The normalized spacial score (nSPS) is 10.3. The molecule has 0 aliphatic carbocycles. The molecule has 0 bridgehead atoms. The third kappa shape index (κ3) is 3.57. The van der Waals surface area contributed by atoms with Gasteiger partial charge in [-0.1, -0.05) is 22.0 Å². The quantitative estimate of drug-likeness (QED) is 0.674. The summed E-state index contributed by atoms with van der Waals surface area (Å²) in [5.74, 6) is -0.0889. The van der Waals surface area contributed by atoms with Crippen LogP contribution in [0.4, 0.5) is 5.69 Å². The van der Waals surface area contributed by atoms with Crippen LogP contribution in [-0.2, 0) is 0 Å². The van der Waals surface area contributed by atoms with E-state index in [1.165, 1.54) is 11.1 Å². The molecule has 0 saturated carbocycles. The van der Waals surface area contributed by atoms with Crippen LogP contribution in [0.15, 0.2) is 40.9 Å². The van der Waals surface area contributed by atoms with E-state index >= 15 is 0 Å². The van der Waals surface area contributed by atoms with Crippen molar-refractivity contribution in [3.63, 3.8) is 0 Å². The predicted octanol–water partition coefficient (Wildman–Crippen LogP) is 4.92. The summed E-state index contributed by atoms with van der Waals surface area (Å²) < 4.78 is 1.83. The topological polar surface area (TPSA) is 29.1 Å². The Balaban J connectivity index is 2.25. The van der Waals surface area contributed by atoms with Crippen molar-refractivity contribution < 1.29 is 4.79 Å². The van der Waals surface area contributed by atoms with E-state index < -0.39 is 0 Å². The molecule has 2 rings (SSSR count). The van der Waals surface area contributed by atoms with Crippen molar-refractivity contribution in [2.24, 2.45) is 0 Å². The summed E-state index contributed by atoms with van der Waals surface area (Å²) in [4.78, 5) is 12.2. The van der Waals surface area contributed by atoms with Gasteiger partial charge in [-0.3, -0.25) is 4.79 Å². The molecule has 0 radical (unpaired) electrons. The Kier molecular flexibility index (Phi) is 4.62. The van der Waals surface area contributed by atoms with E-state index in [1.54, 1.807) is 0 Å². The summed E-state index contributed by atoms with van der Waals surface area (Å²) in [7, 11) is 0. The highest BCUT2D eigenvalue weighted by molar-refractivity contribution is 14.1. The van der Waals surface area contributed by atoms with Crippen molar-refractivity contribution in [1.29, 1.82) is 0 Å². The summed E-state index contributed by atoms with van der Waals surface area (Å²) >= 11 is 5.55. The van der Waals surface area contributed by atoms with Crippen molar-refractivity contribution in [2.45, 2.75) is 13.8 Å². The molecule has 0 unspecified atom stereocenters. The molecular weight excluding hydrogens is 417 g/mol. The zero-order valence-corrected chi connectivity index (χ0v) is 14.4. The Bertz CT molecular complexity index is 640. The van der Waals surface area contributed by atoms with E-state index in [2.05, 4.69) is 50.8 Å². The van der Waals surface area contributed by atoms with E-state index in [0.29, 0.717) is 5.56 Å². The second kappa shape index (κ2) is 6.05. The minimum Gasteiger partial charge on any atom is -0.322 e. The second-order valence-corrected chi connectivity index (χ2v) is 6.46. The van der Waals surface area contributed by atoms with Crippen LogP contribution < -0.4 is 5.32 Å². The molecule has 0 heterocycles. The first kappa shape index (κ1) is 14.5. The van der Waals surface area contributed by atoms with E-state index in [0.717, 1.165) is 13.7 Å². The molecule has 0 fully saturated rings. The maximum atomic E-state index is 12.2. The largest absolute Gasteiger partial charge is 0.322 e. The number of carbonyl (C=O) groups excluding carboxylic acids is 1. The Morgan fingerprint density at radius 2 is 1.84 bits per heavy atom. The molecule has 2 aromatic carbocycles. The first-order chi connectivity index (χ1) is 8.97. The maximum absolute atomic E-state index is 12.2. The minimum atomic E-state index is -0.0889. The lowest BCUT2D eigenvalue weighted by Gasteiger charge is -2.09. The highest BCUT2D eigenvalue weighted by atomic mass is 127. The van der Waals surface area contributed by atoms with Gasteiger partial charge in [0.05, 0.1) is 5.56 Å². The van der Waals surface area contributed by atoms with Gasteiger partial charge in [-0.05, 0) is 77.9 Å². The first-order valence-corrected chi connectivity index (χ1v) is 7.68. The summed E-state index contributed by atoms with van der Waals surface area (Å²) in [5, 5.41) is 2.93. The molecule has 4 heteroatoms. The number of carbonyl (C=O) groups is 1. The van der Waals surface area contributed by atoms with Crippen LogP contribution in [-0.4, -0.2) is 5.91 Å². The Morgan fingerprint density at radius 3 is 2.53 bits per heavy atom. The summed E-state index contributed by atoms with van der Waals surface area (Å²) in [6.07, 6.45) is 0. The lowest BCUT2D eigenvalue weighted by atomic mass is 10.1. The van der Waals surface area contributed by atoms with Gasteiger partial charge in [0, 0.05) is 13.7 Å². The van der Waals surface area contributed by atoms with Gasteiger partial charge in [0.2, 0.25) is 0 Å². The van der Waals surface area contributed by atoms with Gasteiger partial charge in [-0.15, -0.1) is 0 Å². The molecular formula is C15H13BrINO. The standard InChI is InChI=1S/C15H13BrINO/c1-9-3-5-12(7-10(9)2)18-15(19)13-8-11(16)4-6-14(13)17/h3-8H,1-2H3,(H,18,19). The van der Waals surface area contributed by atoms with Gasteiger partial charge in [0.1, 0.15) is 0 Å². The number of hydrogen-bond acceptors (Lipinski definition) is 1. The van der Waals surface area contributed by atoms with Crippen LogP contribution in [0.3, 0.4) is 0 Å². The van der Waals surface area contributed by atoms with Crippen molar-refractivity contribution in [3.05, 3.63) is 61.1 Å². The van der Waals surface area contributed by atoms with E-state index in [1.807, 2.05) is 43.3 Å². The Morgan fingerprint density at radius 1 is 1.11 bits per heavy atom. The van der Waals surface area contributed by atoms with Crippen LogP contribution in [0.25, 0.3) is 0 Å². The van der Waals surface area contributed by atoms with E-state index in [-0.39, 0.29) is 5.91 Å². The highest BCUT2D eigenvalue weighted by Gasteiger charge is 2.11. The minimum absolute atomic E-state index is 0.0889. The number of amides is 1. The van der Waals surface area contributed by atoms with E-state index in [9.17, 15) is 4.79 Å². The third-order valence-corrected chi connectivity index (χ3v) is 4.37. The lowest BCUT2D eigenvalue weighted by molar-refractivity contribution is 0.102. The predicted molar refractivity (Wildman–Crippen MR) is 90.7 cm³/mol. The molecule has 1 amide bonds. The van der Waals surface area contributed by atoms with Gasteiger partial charge in [-0.25, -0.2) is 0 Å². The molecule has 19 heavy (non-hydrogen) atoms. The smallest absolute Gasteiger partial charge is 0.256 e. The fraction of sp³-hybridized carbons (Fsp3) is 0.133. The van der Waals surface area contributed by atoms with Crippen molar-refractivity contribution in [3.8, 4) is 0 Å². The Hall–Kier alpha value is -0.880. The SMILES string of the molecule is Cc1ccc(NC(=O)c2cc(Br)ccc2I)cc1C. The average Bonchev–Trinajstić information content (AvgIpc) is 2.36. The van der Waals surface area contributed by atoms with Crippen LogP contribution in [0.5, 0.6) is 0 Å². The molecule has 0 spiro atoms. The van der Waals surface area contributed by atoms with Crippen molar-refractivity contribution in [1.82, 2.24) is 0 Å². The monoisotopic (exact) mass is 429 g/mol. The molecule has 2 nitrogen and oxygen atoms in total. The number of rotatable bonds is 2. The van der Waals surface area contributed by atoms with Crippen LogP contribution in [0.1, 0.15) is 21.5 Å². The maximum Gasteiger partial charge on any atom is 0.256 e. The number of aryl methyl sites for hydroxylation is 2. The van der Waals surface area contributed by atoms with Gasteiger partial charge >= 0.3 is 0 Å². The lowest BCUT2D eigenvalue weighted by Crippen LogP contribution is -2.13. The van der Waals surface area contributed by atoms with Crippen molar-refractivity contribution >= 4 is 50.1 Å². The van der Waals surface area contributed by atoms with E-state index in [4.69, 9.17) is 0 Å². The highest BCUT2D eigenvalue weighted by Crippen LogP contribution is 2.20. The number of hydrogen-bond donors (Lipinski definition) is 1. The fourth-order valence-corrected chi connectivity index (χ4v) is 2.63. The fourth-order valence-electron chi connectivity index (χ4n) is 1.69. The zero-order chi connectivity index (χ0) is 14.0. The summed E-state index contributed by atoms with van der Waals surface area (Å²) in [6, 6.07) is 11.6. The summed E-state index contributed by atoms with van der Waals surface area (Å²) in [6.45, 7) is 4.09. The average molecular weight is 430 g/mol. The van der Waals surface area contributed by atoms with Crippen molar-refractivity contribution in [2.75, 3.05) is 5.32 Å². The van der Waals surface area contributed by atoms with Gasteiger partial charge in [-0.2, -0.15) is 0 Å². The number of anilines is 1. The molecule has 0 aliphatic heterocycles. The second-order valence-electron chi connectivity index (χ2n) is 4.38. The molecule has 2 aromatic rings. The van der Waals surface area contributed by atoms with Crippen LogP contribution in [0.2, 0.25) is 0 Å². The van der Waals surface area contributed by atoms with Crippen LogP contribution in [0, 0.1) is 17.4 Å². The third-order valence-electron chi connectivity index (χ3n) is 2.94.